The third-order valence-corrected chi connectivity index (χ3v) is 4.97. The first-order valence-electron chi connectivity index (χ1n) is 7.89. The molecule has 0 radical (unpaired) electrons. The van der Waals surface area contributed by atoms with Gasteiger partial charge in [0.25, 0.3) is 0 Å². The average molecular weight is 360 g/mol. The number of methoxy groups -OCH3 is 1. The van der Waals surface area contributed by atoms with Crippen LogP contribution in [0.25, 0.3) is 0 Å². The molecule has 3 rings (SSSR count). The maximum atomic E-state index is 11.3. The van der Waals surface area contributed by atoms with Gasteiger partial charge in [-0.3, -0.25) is 4.79 Å². The Balaban J connectivity index is 1.60. The normalized spacial score (nSPS) is 14.1. The zero-order valence-electron chi connectivity index (χ0n) is 13.8. The fraction of sp³-hybridized carbons (Fsp3) is 0.278. The lowest BCUT2D eigenvalue weighted by Gasteiger charge is -2.28. The van der Waals surface area contributed by atoms with Crippen LogP contribution in [0, 0.1) is 0 Å². The number of aliphatic carboxylic acids is 1. The van der Waals surface area contributed by atoms with Crippen molar-refractivity contribution in [2.45, 2.75) is 11.4 Å². The Morgan fingerprint density at radius 3 is 2.28 bits per heavy atom. The van der Waals surface area contributed by atoms with Crippen molar-refractivity contribution in [3.8, 4) is 11.5 Å². The molecule has 25 heavy (non-hydrogen) atoms. The van der Waals surface area contributed by atoms with Gasteiger partial charge in [0.15, 0.2) is 16.5 Å². The van der Waals surface area contributed by atoms with Crippen LogP contribution in [0.2, 0.25) is 0 Å². The number of carbonyl (C=O) groups is 1. The quantitative estimate of drug-likeness (QED) is 0.622. The summed E-state index contributed by atoms with van der Waals surface area (Å²) in [6.07, 6.45) is -0.0546. The lowest BCUT2D eigenvalue weighted by Crippen LogP contribution is -2.41. The molecule has 0 atom stereocenters. The Morgan fingerprint density at radius 1 is 1.08 bits per heavy atom. The zero-order chi connectivity index (χ0) is 17.7. The number of fused-ring (bicyclic) bond motifs is 1. The molecule has 1 heterocycles. The van der Waals surface area contributed by atoms with E-state index < -0.39 is 11.0 Å². The minimum Gasteiger partial charge on any atom is -0.493 e. The zero-order valence-corrected chi connectivity index (χ0v) is 14.6. The van der Waals surface area contributed by atoms with E-state index in [9.17, 15) is 9.90 Å². The van der Waals surface area contributed by atoms with E-state index in [2.05, 4.69) is 10.6 Å². The van der Waals surface area contributed by atoms with Gasteiger partial charge in [-0.15, -0.1) is 11.8 Å². The highest BCUT2D eigenvalue weighted by molar-refractivity contribution is 8.00. The second-order valence-electron chi connectivity index (χ2n) is 5.54. The second-order valence-corrected chi connectivity index (χ2v) is 6.93. The summed E-state index contributed by atoms with van der Waals surface area (Å²) in [5.41, 5.74) is 1.81. The fourth-order valence-electron chi connectivity index (χ4n) is 2.70. The molecular formula is C18H20N2O4S. The number of anilines is 2. The smallest absolute Gasteiger partial charge is 0.308 e. The topological polar surface area (TPSA) is 79.8 Å². The first kappa shape index (κ1) is 17.3. The van der Waals surface area contributed by atoms with Crippen LogP contribution >= 0.6 is 11.8 Å². The lowest BCUT2D eigenvalue weighted by molar-refractivity contribution is -0.137. The standard InChI is InChI=1S/C18H20N2O4S/c1-23-15-8-4-5-9-16(15)24-10-11-25-18(12-17(21)22)19-13-6-2-3-7-14(13)20-18/h2-9,19-20H,10-12H2,1H3,(H,21,22). The van der Waals surface area contributed by atoms with Gasteiger partial charge in [0.2, 0.25) is 0 Å². The number of ether oxygens (including phenoxy) is 2. The summed E-state index contributed by atoms with van der Waals surface area (Å²) in [7, 11) is 1.60. The number of carboxylic acid groups (broad SMARTS) is 1. The van der Waals surface area contributed by atoms with Crippen molar-refractivity contribution < 1.29 is 19.4 Å². The van der Waals surface area contributed by atoms with Gasteiger partial charge in [-0.1, -0.05) is 24.3 Å². The molecule has 1 aliphatic rings. The van der Waals surface area contributed by atoms with Crippen molar-refractivity contribution >= 4 is 29.1 Å². The summed E-state index contributed by atoms with van der Waals surface area (Å²) < 4.78 is 11.0. The highest BCUT2D eigenvalue weighted by Crippen LogP contribution is 2.41. The van der Waals surface area contributed by atoms with Crippen molar-refractivity contribution in [1.82, 2.24) is 0 Å². The van der Waals surface area contributed by atoms with Gasteiger partial charge in [0, 0.05) is 5.75 Å². The molecule has 0 fully saturated rings. The highest BCUT2D eigenvalue weighted by Gasteiger charge is 2.38. The maximum Gasteiger partial charge on any atom is 0.308 e. The van der Waals surface area contributed by atoms with Crippen LogP contribution in [0.15, 0.2) is 48.5 Å². The number of carboxylic acids is 1. The van der Waals surface area contributed by atoms with Crippen molar-refractivity contribution in [2.75, 3.05) is 30.1 Å². The third kappa shape index (κ3) is 4.11. The molecule has 2 aromatic carbocycles. The highest BCUT2D eigenvalue weighted by atomic mass is 32.2. The van der Waals surface area contributed by atoms with E-state index in [4.69, 9.17) is 9.47 Å². The predicted octanol–water partition coefficient (Wildman–Crippen LogP) is 3.47. The molecule has 0 spiro atoms. The van der Waals surface area contributed by atoms with E-state index in [1.54, 1.807) is 7.11 Å². The number of para-hydroxylation sites is 4. The first-order chi connectivity index (χ1) is 12.1. The van der Waals surface area contributed by atoms with E-state index in [-0.39, 0.29) is 6.42 Å². The van der Waals surface area contributed by atoms with Gasteiger partial charge in [-0.2, -0.15) is 0 Å². The Morgan fingerprint density at radius 2 is 1.68 bits per heavy atom. The van der Waals surface area contributed by atoms with E-state index >= 15 is 0 Å². The molecule has 0 aliphatic carbocycles. The van der Waals surface area contributed by atoms with Crippen molar-refractivity contribution in [2.24, 2.45) is 0 Å². The number of rotatable bonds is 8. The average Bonchev–Trinajstić information content (AvgIpc) is 2.96. The lowest BCUT2D eigenvalue weighted by atomic mass is 10.3. The largest absolute Gasteiger partial charge is 0.493 e. The van der Waals surface area contributed by atoms with Crippen LogP contribution in [0.4, 0.5) is 11.4 Å². The summed E-state index contributed by atoms with van der Waals surface area (Å²) in [6.45, 7) is 0.437. The van der Waals surface area contributed by atoms with Crippen molar-refractivity contribution in [3.05, 3.63) is 48.5 Å². The molecule has 0 unspecified atom stereocenters. The number of benzene rings is 2. The first-order valence-corrected chi connectivity index (χ1v) is 8.87. The molecule has 132 valence electrons. The molecular weight excluding hydrogens is 340 g/mol. The molecule has 3 N–H and O–H groups in total. The maximum absolute atomic E-state index is 11.3. The number of hydrogen-bond acceptors (Lipinski definition) is 6. The molecule has 0 saturated heterocycles. The van der Waals surface area contributed by atoms with Crippen LogP contribution in [0.1, 0.15) is 6.42 Å². The molecule has 0 bridgehead atoms. The molecule has 1 aliphatic heterocycles. The van der Waals surface area contributed by atoms with Crippen LogP contribution in [-0.2, 0) is 4.79 Å². The van der Waals surface area contributed by atoms with E-state index in [1.165, 1.54) is 11.8 Å². The Hall–Kier alpha value is -2.54. The Kier molecular flexibility index (Phi) is 5.23. The number of hydrogen-bond donors (Lipinski definition) is 3. The van der Waals surface area contributed by atoms with Gasteiger partial charge in [-0.25, -0.2) is 0 Å². The summed E-state index contributed by atoms with van der Waals surface area (Å²) in [5, 5.41) is 15.9. The van der Waals surface area contributed by atoms with Gasteiger partial charge in [-0.05, 0) is 24.3 Å². The Labute approximate surface area is 150 Å². The van der Waals surface area contributed by atoms with Gasteiger partial charge in [0.05, 0.1) is 31.5 Å². The Bertz CT molecular complexity index is 728. The summed E-state index contributed by atoms with van der Waals surface area (Å²) >= 11 is 1.48. The molecule has 7 heteroatoms. The molecule has 0 aromatic heterocycles. The van der Waals surface area contributed by atoms with E-state index in [1.807, 2.05) is 48.5 Å². The third-order valence-electron chi connectivity index (χ3n) is 3.76. The molecule has 2 aromatic rings. The van der Waals surface area contributed by atoms with Gasteiger partial charge >= 0.3 is 5.97 Å². The van der Waals surface area contributed by atoms with Crippen LogP contribution in [-0.4, -0.2) is 35.5 Å². The minimum absolute atomic E-state index is 0.0546. The number of thioether (sulfide) groups is 1. The van der Waals surface area contributed by atoms with Crippen molar-refractivity contribution in [3.63, 3.8) is 0 Å². The summed E-state index contributed by atoms with van der Waals surface area (Å²) in [6, 6.07) is 15.1. The molecule has 0 saturated carbocycles. The van der Waals surface area contributed by atoms with Crippen LogP contribution < -0.4 is 20.1 Å². The monoisotopic (exact) mass is 360 g/mol. The van der Waals surface area contributed by atoms with Crippen LogP contribution in [0.3, 0.4) is 0 Å². The van der Waals surface area contributed by atoms with Gasteiger partial charge < -0.3 is 25.2 Å². The van der Waals surface area contributed by atoms with Gasteiger partial charge in [0.1, 0.15) is 0 Å². The molecule has 0 amide bonds. The summed E-state index contributed by atoms with van der Waals surface area (Å²) in [5.74, 6) is 1.09. The summed E-state index contributed by atoms with van der Waals surface area (Å²) in [4.78, 5) is 10.5. The van der Waals surface area contributed by atoms with Crippen molar-refractivity contribution in [1.29, 1.82) is 0 Å². The van der Waals surface area contributed by atoms with Crippen LogP contribution in [0.5, 0.6) is 11.5 Å². The molecule has 6 nitrogen and oxygen atoms in total. The number of nitrogens with one attached hydrogen (secondary N) is 2. The second kappa shape index (κ2) is 7.57. The fourth-order valence-corrected chi connectivity index (χ4v) is 3.80. The van der Waals surface area contributed by atoms with E-state index in [0.717, 1.165) is 11.4 Å². The predicted molar refractivity (Wildman–Crippen MR) is 99.6 cm³/mol. The minimum atomic E-state index is -0.869. The van der Waals surface area contributed by atoms with E-state index in [0.29, 0.717) is 23.9 Å². The SMILES string of the molecule is COc1ccccc1OCCSC1(CC(=O)O)Nc2ccccc2N1.